The minimum atomic E-state index is -4.03. The molecule has 0 radical (unpaired) electrons. The average Bonchev–Trinajstić information content (AvgIpc) is 2.81. The van der Waals surface area contributed by atoms with E-state index in [1.165, 1.54) is 18.2 Å². The Kier molecular flexibility index (Phi) is 5.17. The summed E-state index contributed by atoms with van der Waals surface area (Å²) in [7, 11) is -7.56. The van der Waals surface area contributed by atoms with Gasteiger partial charge in [-0.25, -0.2) is 17.4 Å². The Hall–Kier alpha value is -2.50. The minimum Gasteiger partial charge on any atom is -0.506 e. The van der Waals surface area contributed by atoms with Crippen molar-refractivity contribution in [3.05, 3.63) is 52.5 Å². The first-order valence-electron chi connectivity index (χ1n) is 7.86. The number of sulfonamides is 1. The van der Waals surface area contributed by atoms with Gasteiger partial charge in [0.1, 0.15) is 12.3 Å². The first-order valence-corrected chi connectivity index (χ1v) is 11.6. The molecule has 0 aromatic heterocycles. The molecule has 3 rings (SSSR count). The normalized spacial score (nSPS) is 16.1. The number of aromatic hydroxyl groups is 1. The molecule has 0 unspecified atom stereocenters. The molecule has 9 nitrogen and oxygen atoms in total. The summed E-state index contributed by atoms with van der Waals surface area (Å²) < 4.78 is 51.9. The first-order chi connectivity index (χ1) is 12.9. The number of rotatable bonds is 5. The van der Waals surface area contributed by atoms with Crippen LogP contribution in [0.5, 0.6) is 5.75 Å². The largest absolute Gasteiger partial charge is 0.506 e. The summed E-state index contributed by atoms with van der Waals surface area (Å²) in [5, 5.41) is 10.6. The molecular formula is C16H16ClN3O6S2. The molecule has 2 aromatic rings. The molecule has 1 fully saturated rings. The molecule has 1 aliphatic rings. The maximum Gasteiger partial charge on any atom is 0.326 e. The highest BCUT2D eigenvalue weighted by molar-refractivity contribution is 7.92. The lowest BCUT2D eigenvalue weighted by Crippen LogP contribution is -2.29. The molecule has 0 atom stereocenters. The van der Waals surface area contributed by atoms with E-state index in [1.54, 1.807) is 18.2 Å². The number of carbonyl (C=O) groups is 1. The number of nitrogens with zero attached hydrogens (tertiary/aromatic N) is 1. The van der Waals surface area contributed by atoms with Crippen molar-refractivity contribution < 1.29 is 26.7 Å². The van der Waals surface area contributed by atoms with Crippen molar-refractivity contribution >= 4 is 49.1 Å². The fourth-order valence-corrected chi connectivity index (χ4v) is 4.69. The van der Waals surface area contributed by atoms with Gasteiger partial charge in [0, 0.05) is 5.02 Å². The van der Waals surface area contributed by atoms with Gasteiger partial charge in [-0.1, -0.05) is 23.7 Å². The van der Waals surface area contributed by atoms with Gasteiger partial charge in [0.15, 0.2) is 0 Å². The van der Waals surface area contributed by atoms with Crippen LogP contribution in [-0.4, -0.2) is 40.6 Å². The zero-order valence-electron chi connectivity index (χ0n) is 14.5. The van der Waals surface area contributed by atoms with Gasteiger partial charge in [-0.2, -0.15) is 8.42 Å². The molecule has 0 saturated carbocycles. The Morgan fingerprint density at radius 3 is 2.54 bits per heavy atom. The Balaban J connectivity index is 1.91. The van der Waals surface area contributed by atoms with E-state index < -0.39 is 32.7 Å². The summed E-state index contributed by atoms with van der Waals surface area (Å²) in [5.41, 5.74) is 1.46. The van der Waals surface area contributed by atoms with E-state index in [9.17, 15) is 26.7 Å². The zero-order chi connectivity index (χ0) is 20.7. The fourth-order valence-electron chi connectivity index (χ4n) is 2.77. The summed E-state index contributed by atoms with van der Waals surface area (Å²) in [6.45, 7) is -0.422. The Morgan fingerprint density at radius 1 is 1.25 bits per heavy atom. The third-order valence-electron chi connectivity index (χ3n) is 3.89. The molecule has 28 heavy (non-hydrogen) atoms. The fraction of sp³-hybridized carbons (Fsp3) is 0.188. The number of hydrogen-bond donors (Lipinski definition) is 3. The SMILES string of the molecule is CS(=O)(=O)Nc1cc(Cl)ccc1Cc1ccc(N2CC(=O)NS2(=O)=O)c(O)c1. The van der Waals surface area contributed by atoms with Crippen LogP contribution in [0.4, 0.5) is 11.4 Å². The van der Waals surface area contributed by atoms with Crippen LogP contribution in [0.2, 0.25) is 5.02 Å². The third-order valence-corrected chi connectivity index (χ3v) is 6.11. The van der Waals surface area contributed by atoms with Crippen molar-refractivity contribution in [1.82, 2.24) is 4.72 Å². The van der Waals surface area contributed by atoms with Crippen LogP contribution in [0.15, 0.2) is 36.4 Å². The highest BCUT2D eigenvalue weighted by Crippen LogP contribution is 2.33. The highest BCUT2D eigenvalue weighted by Gasteiger charge is 2.35. The van der Waals surface area contributed by atoms with Gasteiger partial charge in [0.05, 0.1) is 17.6 Å². The number of benzene rings is 2. The predicted molar refractivity (Wildman–Crippen MR) is 105 cm³/mol. The van der Waals surface area contributed by atoms with Crippen molar-refractivity contribution in [2.45, 2.75) is 6.42 Å². The standard InChI is InChI=1S/C16H16ClN3O6S2/c1-27(23,24)18-13-8-12(17)4-3-11(13)6-10-2-5-14(15(21)7-10)20-9-16(22)19-28(20,25)26/h2-5,7-8,18,21H,6,9H2,1H3,(H,19,22). The monoisotopic (exact) mass is 445 g/mol. The molecule has 1 aliphatic heterocycles. The third kappa shape index (κ3) is 4.49. The topological polar surface area (TPSA) is 133 Å². The van der Waals surface area contributed by atoms with Gasteiger partial charge in [0.25, 0.3) is 5.91 Å². The summed E-state index contributed by atoms with van der Waals surface area (Å²) in [6, 6.07) is 9.03. The summed E-state index contributed by atoms with van der Waals surface area (Å²) in [6.07, 6.45) is 1.26. The maximum absolute atomic E-state index is 11.9. The molecule has 1 saturated heterocycles. The van der Waals surface area contributed by atoms with Gasteiger partial charge in [-0.05, 0) is 41.8 Å². The van der Waals surface area contributed by atoms with E-state index in [-0.39, 0.29) is 17.9 Å². The molecule has 3 N–H and O–H groups in total. The molecule has 12 heteroatoms. The predicted octanol–water partition coefficient (Wildman–Crippen LogP) is 1.19. The minimum absolute atomic E-state index is 0.0345. The second-order valence-electron chi connectivity index (χ2n) is 6.21. The molecule has 150 valence electrons. The van der Waals surface area contributed by atoms with E-state index in [0.29, 0.717) is 21.8 Å². The number of amides is 1. The molecule has 0 bridgehead atoms. The first kappa shape index (κ1) is 20.2. The van der Waals surface area contributed by atoms with Gasteiger partial charge in [-0.15, -0.1) is 0 Å². The molecule has 0 aliphatic carbocycles. The zero-order valence-corrected chi connectivity index (χ0v) is 16.9. The van der Waals surface area contributed by atoms with Gasteiger partial charge in [-0.3, -0.25) is 9.52 Å². The molecule has 2 aromatic carbocycles. The number of hydrogen-bond acceptors (Lipinski definition) is 6. The number of phenolic OH excluding ortho intramolecular Hbond substituents is 1. The van der Waals surface area contributed by atoms with E-state index in [2.05, 4.69) is 4.72 Å². The molecule has 1 amide bonds. The van der Waals surface area contributed by atoms with Crippen molar-refractivity contribution in [2.24, 2.45) is 0 Å². The molecule has 1 heterocycles. The molecule has 0 spiro atoms. The number of anilines is 2. The van der Waals surface area contributed by atoms with E-state index in [1.807, 2.05) is 4.72 Å². The maximum atomic E-state index is 11.9. The van der Waals surface area contributed by atoms with E-state index in [0.717, 1.165) is 10.6 Å². The number of carbonyl (C=O) groups excluding carboxylic acids is 1. The summed E-state index contributed by atoms with van der Waals surface area (Å²) in [5.74, 6) is -1.02. The highest BCUT2D eigenvalue weighted by atomic mass is 35.5. The summed E-state index contributed by atoms with van der Waals surface area (Å²) >= 11 is 5.94. The van der Waals surface area contributed by atoms with Crippen LogP contribution < -0.4 is 13.7 Å². The average molecular weight is 446 g/mol. The lowest BCUT2D eigenvalue weighted by atomic mass is 10.0. The van der Waals surface area contributed by atoms with Crippen molar-refractivity contribution in [2.75, 3.05) is 21.8 Å². The van der Waals surface area contributed by atoms with E-state index >= 15 is 0 Å². The lowest BCUT2D eigenvalue weighted by Gasteiger charge is -2.17. The van der Waals surface area contributed by atoms with Crippen molar-refractivity contribution in [1.29, 1.82) is 0 Å². The smallest absolute Gasteiger partial charge is 0.326 e. The summed E-state index contributed by atoms with van der Waals surface area (Å²) in [4.78, 5) is 11.4. The van der Waals surface area contributed by atoms with Gasteiger partial charge < -0.3 is 5.11 Å². The van der Waals surface area contributed by atoms with Crippen LogP contribution in [-0.2, 0) is 31.4 Å². The van der Waals surface area contributed by atoms with Gasteiger partial charge in [0.2, 0.25) is 10.0 Å². The second kappa shape index (κ2) is 7.15. The second-order valence-corrected chi connectivity index (χ2v) is 9.99. The van der Waals surface area contributed by atoms with Gasteiger partial charge >= 0.3 is 10.2 Å². The van der Waals surface area contributed by atoms with E-state index in [4.69, 9.17) is 11.6 Å². The number of phenols is 1. The molecular weight excluding hydrogens is 430 g/mol. The van der Waals surface area contributed by atoms with Crippen molar-refractivity contribution in [3.63, 3.8) is 0 Å². The van der Waals surface area contributed by atoms with Crippen LogP contribution >= 0.6 is 11.6 Å². The quantitative estimate of drug-likeness (QED) is 0.633. The lowest BCUT2D eigenvalue weighted by molar-refractivity contribution is -0.117. The Morgan fingerprint density at radius 2 is 1.96 bits per heavy atom. The van der Waals surface area contributed by atoms with Crippen LogP contribution in [0.1, 0.15) is 11.1 Å². The van der Waals surface area contributed by atoms with Crippen LogP contribution in [0, 0.1) is 0 Å². The van der Waals surface area contributed by atoms with Crippen molar-refractivity contribution in [3.8, 4) is 5.75 Å². The number of nitrogens with one attached hydrogen (secondary N) is 2. The number of halogens is 1. The Labute approximate surface area is 167 Å². The van der Waals surface area contributed by atoms with Crippen LogP contribution in [0.3, 0.4) is 0 Å². The van der Waals surface area contributed by atoms with Crippen LogP contribution in [0.25, 0.3) is 0 Å². The Bertz CT molecular complexity index is 1160.